The number of aryl methyl sites for hydroxylation is 1. The van der Waals surface area contributed by atoms with Crippen molar-refractivity contribution in [1.29, 1.82) is 0 Å². The van der Waals surface area contributed by atoms with E-state index in [9.17, 15) is 4.79 Å². The molecule has 1 aromatic carbocycles. The molecule has 1 fully saturated rings. The number of benzene rings is 1. The summed E-state index contributed by atoms with van der Waals surface area (Å²) < 4.78 is 6.33. The van der Waals surface area contributed by atoms with Crippen LogP contribution in [-0.4, -0.2) is 41.6 Å². The SMILES string of the molecule is Cc1ccc(Br)cc1C(=O)N1CCOC(C(N)=S)C1. The first-order valence-corrected chi connectivity index (χ1v) is 7.15. The summed E-state index contributed by atoms with van der Waals surface area (Å²) in [5.74, 6) is -0.0108. The lowest BCUT2D eigenvalue weighted by molar-refractivity contribution is 0.00874. The van der Waals surface area contributed by atoms with Crippen molar-refractivity contribution in [3.05, 3.63) is 33.8 Å². The Kier molecular flexibility index (Phi) is 4.54. The fourth-order valence-corrected chi connectivity index (χ4v) is 2.50. The topological polar surface area (TPSA) is 55.6 Å². The molecule has 0 aliphatic carbocycles. The molecule has 0 spiro atoms. The monoisotopic (exact) mass is 342 g/mol. The van der Waals surface area contributed by atoms with Crippen LogP contribution < -0.4 is 5.73 Å². The molecule has 4 nitrogen and oxygen atoms in total. The zero-order chi connectivity index (χ0) is 14.0. The van der Waals surface area contributed by atoms with Crippen molar-refractivity contribution in [2.24, 2.45) is 5.73 Å². The lowest BCUT2D eigenvalue weighted by Crippen LogP contribution is -2.50. The third-order valence-corrected chi connectivity index (χ3v) is 3.86. The number of nitrogens with zero attached hydrogens (tertiary/aromatic N) is 1. The summed E-state index contributed by atoms with van der Waals surface area (Å²) in [5.41, 5.74) is 7.23. The molecule has 1 atom stereocenters. The highest BCUT2D eigenvalue weighted by Gasteiger charge is 2.27. The van der Waals surface area contributed by atoms with Crippen molar-refractivity contribution < 1.29 is 9.53 Å². The predicted octanol–water partition coefficient (Wildman–Crippen LogP) is 1.88. The number of morpholine rings is 1. The molecular formula is C13H15BrN2O2S. The van der Waals surface area contributed by atoms with Gasteiger partial charge in [-0.1, -0.05) is 34.2 Å². The minimum absolute atomic E-state index is 0.0108. The van der Waals surface area contributed by atoms with Crippen LogP contribution in [0.2, 0.25) is 0 Å². The largest absolute Gasteiger partial charge is 0.391 e. The van der Waals surface area contributed by atoms with Crippen molar-refractivity contribution in [2.75, 3.05) is 19.7 Å². The Balaban J connectivity index is 2.19. The number of nitrogens with two attached hydrogens (primary N) is 1. The molecule has 1 amide bonds. The summed E-state index contributed by atoms with van der Waals surface area (Å²) in [4.78, 5) is 14.5. The molecule has 1 aromatic rings. The number of carbonyl (C=O) groups excluding carboxylic acids is 1. The average molecular weight is 343 g/mol. The van der Waals surface area contributed by atoms with E-state index in [-0.39, 0.29) is 12.0 Å². The number of hydrogen-bond acceptors (Lipinski definition) is 3. The number of ether oxygens (including phenoxy) is 1. The minimum atomic E-state index is -0.347. The van der Waals surface area contributed by atoms with Gasteiger partial charge in [0.15, 0.2) is 0 Å². The molecule has 0 saturated carbocycles. The fraction of sp³-hybridized carbons (Fsp3) is 0.385. The first-order chi connectivity index (χ1) is 8.99. The van der Waals surface area contributed by atoms with Crippen LogP contribution in [0.1, 0.15) is 15.9 Å². The molecule has 1 aliphatic rings. The van der Waals surface area contributed by atoms with Gasteiger partial charge in [-0.05, 0) is 24.6 Å². The Morgan fingerprint density at radius 2 is 2.32 bits per heavy atom. The van der Waals surface area contributed by atoms with Crippen LogP contribution in [-0.2, 0) is 4.74 Å². The number of thiocarbonyl (C=S) groups is 1. The molecule has 0 aromatic heterocycles. The van der Waals surface area contributed by atoms with E-state index in [1.807, 2.05) is 25.1 Å². The van der Waals surface area contributed by atoms with Crippen LogP contribution in [0.4, 0.5) is 0 Å². The number of amides is 1. The van der Waals surface area contributed by atoms with E-state index in [1.165, 1.54) is 0 Å². The zero-order valence-corrected chi connectivity index (χ0v) is 13.0. The molecule has 0 radical (unpaired) electrons. The van der Waals surface area contributed by atoms with E-state index in [2.05, 4.69) is 15.9 Å². The first-order valence-electron chi connectivity index (χ1n) is 5.95. The van der Waals surface area contributed by atoms with Gasteiger partial charge in [-0.3, -0.25) is 4.79 Å². The summed E-state index contributed by atoms with van der Waals surface area (Å²) in [6, 6.07) is 5.68. The van der Waals surface area contributed by atoms with E-state index in [0.717, 1.165) is 10.0 Å². The molecule has 1 heterocycles. The van der Waals surface area contributed by atoms with E-state index in [4.69, 9.17) is 22.7 Å². The lowest BCUT2D eigenvalue weighted by atomic mass is 10.1. The summed E-state index contributed by atoms with van der Waals surface area (Å²) >= 11 is 8.31. The van der Waals surface area contributed by atoms with E-state index in [1.54, 1.807) is 4.90 Å². The van der Waals surface area contributed by atoms with Crippen LogP contribution >= 0.6 is 28.1 Å². The molecular weight excluding hydrogens is 328 g/mol. The standard InChI is InChI=1S/C13H15BrN2O2S/c1-8-2-3-9(14)6-10(8)13(17)16-4-5-18-11(7-16)12(15)19/h2-3,6,11H,4-5,7H2,1H3,(H2,15,19). The lowest BCUT2D eigenvalue weighted by Gasteiger charge is -2.32. The highest BCUT2D eigenvalue weighted by atomic mass is 79.9. The van der Waals surface area contributed by atoms with Gasteiger partial charge in [0.1, 0.15) is 11.1 Å². The summed E-state index contributed by atoms with van der Waals surface area (Å²) in [5, 5.41) is 0. The quantitative estimate of drug-likeness (QED) is 0.834. The second-order valence-electron chi connectivity index (χ2n) is 4.47. The molecule has 2 rings (SSSR count). The highest BCUT2D eigenvalue weighted by Crippen LogP contribution is 2.19. The van der Waals surface area contributed by atoms with Crippen LogP contribution in [0.25, 0.3) is 0 Å². The molecule has 2 N–H and O–H groups in total. The second-order valence-corrected chi connectivity index (χ2v) is 5.86. The molecule has 19 heavy (non-hydrogen) atoms. The van der Waals surface area contributed by atoms with Crippen LogP contribution in [0.5, 0.6) is 0 Å². The smallest absolute Gasteiger partial charge is 0.254 e. The number of halogens is 1. The van der Waals surface area contributed by atoms with Gasteiger partial charge in [0.2, 0.25) is 0 Å². The normalized spacial score (nSPS) is 19.3. The van der Waals surface area contributed by atoms with Crippen LogP contribution in [0.15, 0.2) is 22.7 Å². The van der Waals surface area contributed by atoms with Gasteiger partial charge in [0.05, 0.1) is 13.2 Å². The van der Waals surface area contributed by atoms with E-state index >= 15 is 0 Å². The van der Waals surface area contributed by atoms with Crippen molar-refractivity contribution in [3.63, 3.8) is 0 Å². The van der Waals surface area contributed by atoms with Crippen LogP contribution in [0, 0.1) is 6.92 Å². The number of hydrogen-bond donors (Lipinski definition) is 1. The first kappa shape index (κ1) is 14.4. The predicted molar refractivity (Wildman–Crippen MR) is 81.3 cm³/mol. The van der Waals surface area contributed by atoms with Crippen molar-refractivity contribution in [3.8, 4) is 0 Å². The average Bonchev–Trinajstić information content (AvgIpc) is 2.41. The summed E-state index contributed by atoms with van der Waals surface area (Å²) in [7, 11) is 0. The van der Waals surface area contributed by atoms with Gasteiger partial charge in [-0.2, -0.15) is 0 Å². The third-order valence-electron chi connectivity index (χ3n) is 3.10. The van der Waals surface area contributed by atoms with E-state index in [0.29, 0.717) is 30.2 Å². The van der Waals surface area contributed by atoms with Gasteiger partial charge < -0.3 is 15.4 Å². The Hall–Kier alpha value is -0.980. The molecule has 1 aliphatic heterocycles. The third kappa shape index (κ3) is 3.32. The zero-order valence-electron chi connectivity index (χ0n) is 10.6. The van der Waals surface area contributed by atoms with Gasteiger partial charge in [-0.25, -0.2) is 0 Å². The van der Waals surface area contributed by atoms with Gasteiger partial charge in [-0.15, -0.1) is 0 Å². The van der Waals surface area contributed by atoms with Gasteiger partial charge in [0.25, 0.3) is 5.91 Å². The van der Waals surface area contributed by atoms with Gasteiger partial charge in [0, 0.05) is 16.6 Å². The van der Waals surface area contributed by atoms with E-state index < -0.39 is 0 Å². The number of carbonyl (C=O) groups is 1. The molecule has 1 saturated heterocycles. The van der Waals surface area contributed by atoms with Crippen molar-refractivity contribution in [2.45, 2.75) is 13.0 Å². The highest BCUT2D eigenvalue weighted by molar-refractivity contribution is 9.10. The maximum Gasteiger partial charge on any atom is 0.254 e. The Morgan fingerprint density at radius 3 is 3.00 bits per heavy atom. The van der Waals surface area contributed by atoms with Crippen molar-refractivity contribution in [1.82, 2.24) is 4.90 Å². The molecule has 6 heteroatoms. The van der Waals surface area contributed by atoms with Gasteiger partial charge >= 0.3 is 0 Å². The number of rotatable bonds is 2. The molecule has 1 unspecified atom stereocenters. The fourth-order valence-electron chi connectivity index (χ4n) is 2.00. The second kappa shape index (κ2) is 5.98. The minimum Gasteiger partial charge on any atom is -0.391 e. The van der Waals surface area contributed by atoms with Crippen LogP contribution in [0.3, 0.4) is 0 Å². The maximum atomic E-state index is 12.5. The Bertz CT molecular complexity index is 521. The molecule has 102 valence electrons. The molecule has 0 bridgehead atoms. The summed E-state index contributed by atoms with van der Waals surface area (Å²) in [6.45, 7) is 3.36. The summed E-state index contributed by atoms with van der Waals surface area (Å²) in [6.07, 6.45) is -0.347. The van der Waals surface area contributed by atoms with Crippen molar-refractivity contribution >= 4 is 39.0 Å². The Morgan fingerprint density at radius 1 is 1.58 bits per heavy atom. The Labute approximate surface area is 126 Å². The maximum absolute atomic E-state index is 12.5.